The second-order valence-corrected chi connectivity index (χ2v) is 6.51. The zero-order valence-corrected chi connectivity index (χ0v) is 13.6. The molecule has 2 aromatic rings. The van der Waals surface area contributed by atoms with Crippen LogP contribution in [0.3, 0.4) is 0 Å². The summed E-state index contributed by atoms with van der Waals surface area (Å²) in [6.07, 6.45) is 0. The van der Waals surface area contributed by atoms with Crippen molar-refractivity contribution in [1.29, 1.82) is 0 Å². The largest absolute Gasteiger partial charge is 0.352 e. The molecule has 0 aliphatic heterocycles. The van der Waals surface area contributed by atoms with Crippen LogP contribution in [0.2, 0.25) is 0 Å². The summed E-state index contributed by atoms with van der Waals surface area (Å²) in [5.41, 5.74) is 0.919. The van der Waals surface area contributed by atoms with E-state index in [1.54, 1.807) is 48.5 Å². The Hall–Kier alpha value is -2.67. The monoisotopic (exact) mass is 331 g/mol. The fraction of sp³-hybridized carbons (Fsp3) is 0.125. The van der Waals surface area contributed by atoms with Crippen LogP contribution in [-0.2, 0) is 10.0 Å². The Labute approximate surface area is 135 Å². The Morgan fingerprint density at radius 3 is 2.09 bits per heavy atom. The SMILES string of the molecule is CNC(=O)N(N=c1cccccc1)S(=O)(=O)c1ccc(C)cc1. The fourth-order valence-electron chi connectivity index (χ4n) is 1.78. The van der Waals surface area contributed by atoms with E-state index in [-0.39, 0.29) is 4.90 Å². The molecule has 0 radical (unpaired) electrons. The molecule has 23 heavy (non-hydrogen) atoms. The van der Waals surface area contributed by atoms with Crippen molar-refractivity contribution in [3.63, 3.8) is 0 Å². The second-order valence-electron chi connectivity index (χ2n) is 4.74. The van der Waals surface area contributed by atoms with Gasteiger partial charge in [0.2, 0.25) is 0 Å². The Kier molecular flexibility index (Phi) is 5.13. The molecule has 2 rings (SSSR count). The van der Waals surface area contributed by atoms with Crippen LogP contribution in [0.5, 0.6) is 0 Å². The lowest BCUT2D eigenvalue weighted by Crippen LogP contribution is -2.39. The van der Waals surface area contributed by atoms with Crippen molar-refractivity contribution in [3.05, 3.63) is 71.6 Å². The van der Waals surface area contributed by atoms with E-state index >= 15 is 0 Å². The van der Waals surface area contributed by atoms with Gasteiger partial charge in [-0.05, 0) is 31.2 Å². The van der Waals surface area contributed by atoms with Crippen LogP contribution in [0.15, 0.2) is 70.7 Å². The maximum absolute atomic E-state index is 12.7. The van der Waals surface area contributed by atoms with Crippen molar-refractivity contribution in [2.75, 3.05) is 7.05 Å². The molecule has 0 spiro atoms. The number of nitrogens with zero attached hydrogens (tertiary/aromatic N) is 2. The summed E-state index contributed by atoms with van der Waals surface area (Å²) in [4.78, 5) is 12.0. The van der Waals surface area contributed by atoms with Crippen molar-refractivity contribution >= 4 is 16.1 Å². The molecule has 0 saturated carbocycles. The molecule has 6 nitrogen and oxygen atoms in total. The number of nitrogens with one attached hydrogen (secondary N) is 1. The number of rotatable bonds is 3. The molecule has 1 N–H and O–H groups in total. The summed E-state index contributed by atoms with van der Waals surface area (Å²) in [6.45, 7) is 1.85. The topological polar surface area (TPSA) is 78.8 Å². The first-order valence-corrected chi connectivity index (χ1v) is 8.33. The van der Waals surface area contributed by atoms with E-state index in [1.807, 2.05) is 6.92 Å². The predicted molar refractivity (Wildman–Crippen MR) is 86.7 cm³/mol. The zero-order chi connectivity index (χ0) is 16.9. The summed E-state index contributed by atoms with van der Waals surface area (Å²) in [6, 6.07) is 15.6. The van der Waals surface area contributed by atoms with E-state index in [0.29, 0.717) is 9.77 Å². The van der Waals surface area contributed by atoms with E-state index in [4.69, 9.17) is 0 Å². The van der Waals surface area contributed by atoms with Crippen LogP contribution in [-0.4, -0.2) is 25.9 Å². The van der Waals surface area contributed by atoms with Crippen LogP contribution < -0.4 is 10.7 Å². The molecule has 2 amide bonds. The smallest absolute Gasteiger partial charge is 0.339 e. The molecule has 2 aromatic carbocycles. The van der Waals surface area contributed by atoms with Crippen LogP contribution in [0, 0.1) is 6.92 Å². The van der Waals surface area contributed by atoms with E-state index < -0.39 is 16.1 Å². The standard InChI is InChI=1S/C16H17N3O3S/c1-13-9-11-15(12-10-13)23(21,22)19(16(20)17-2)18-14-7-5-3-4-6-8-14/h3-12H,1-2H3,(H,17,20). The van der Waals surface area contributed by atoms with Crippen molar-refractivity contribution in [1.82, 2.24) is 9.73 Å². The van der Waals surface area contributed by atoms with Gasteiger partial charge in [0.25, 0.3) is 10.0 Å². The predicted octanol–water partition coefficient (Wildman–Crippen LogP) is 1.84. The van der Waals surface area contributed by atoms with Gasteiger partial charge in [-0.1, -0.05) is 46.4 Å². The summed E-state index contributed by atoms with van der Waals surface area (Å²) in [5, 5.41) is 6.61. The fourth-order valence-corrected chi connectivity index (χ4v) is 2.97. The molecule has 0 fully saturated rings. The van der Waals surface area contributed by atoms with Crippen molar-refractivity contribution in [2.45, 2.75) is 11.8 Å². The van der Waals surface area contributed by atoms with Crippen LogP contribution in [0.1, 0.15) is 5.56 Å². The summed E-state index contributed by atoms with van der Waals surface area (Å²) < 4.78 is 25.9. The Morgan fingerprint density at radius 1 is 1.00 bits per heavy atom. The lowest BCUT2D eigenvalue weighted by atomic mass is 10.2. The summed E-state index contributed by atoms with van der Waals surface area (Å²) in [5.74, 6) is 0. The first-order valence-electron chi connectivity index (χ1n) is 6.89. The maximum Gasteiger partial charge on any atom is 0.352 e. The third-order valence-electron chi connectivity index (χ3n) is 3.01. The number of carbonyl (C=O) groups is 1. The van der Waals surface area contributed by atoms with Gasteiger partial charge in [-0.3, -0.25) is 0 Å². The molecule has 0 heterocycles. The molecule has 0 unspecified atom stereocenters. The van der Waals surface area contributed by atoms with Gasteiger partial charge in [0.15, 0.2) is 0 Å². The van der Waals surface area contributed by atoms with Gasteiger partial charge in [-0.25, -0.2) is 4.79 Å². The average Bonchev–Trinajstić information content (AvgIpc) is 2.81. The molecular formula is C16H17N3O3S. The van der Waals surface area contributed by atoms with Crippen molar-refractivity contribution in [2.24, 2.45) is 5.10 Å². The van der Waals surface area contributed by atoms with Gasteiger partial charge in [0, 0.05) is 7.05 Å². The molecule has 0 bridgehead atoms. The molecule has 0 aliphatic carbocycles. The molecule has 0 aromatic heterocycles. The number of amides is 2. The average molecular weight is 331 g/mol. The summed E-state index contributed by atoms with van der Waals surface area (Å²) >= 11 is 0. The van der Waals surface area contributed by atoms with Crippen LogP contribution in [0.4, 0.5) is 4.79 Å². The van der Waals surface area contributed by atoms with Crippen LogP contribution >= 0.6 is 0 Å². The summed E-state index contributed by atoms with van der Waals surface area (Å²) in [7, 11) is -2.75. The minimum atomic E-state index is -4.09. The third kappa shape index (κ3) is 3.95. The number of benzene rings is 1. The Balaban J connectivity index is 2.58. The van der Waals surface area contributed by atoms with Crippen molar-refractivity contribution in [3.8, 4) is 0 Å². The third-order valence-corrected chi connectivity index (χ3v) is 4.58. The van der Waals surface area contributed by atoms with Gasteiger partial charge in [0.05, 0.1) is 10.3 Å². The van der Waals surface area contributed by atoms with E-state index in [9.17, 15) is 13.2 Å². The normalized spacial score (nSPS) is 10.7. The van der Waals surface area contributed by atoms with Gasteiger partial charge in [-0.15, -0.1) is 0 Å². The molecule has 0 saturated heterocycles. The molecule has 0 atom stereocenters. The molecule has 0 aliphatic rings. The molecular weight excluding hydrogens is 314 g/mol. The number of hydrogen-bond donors (Lipinski definition) is 1. The number of urea groups is 1. The first kappa shape index (κ1) is 16.7. The highest BCUT2D eigenvalue weighted by Crippen LogP contribution is 2.16. The zero-order valence-electron chi connectivity index (χ0n) is 12.8. The van der Waals surface area contributed by atoms with E-state index in [1.165, 1.54) is 19.2 Å². The minimum Gasteiger partial charge on any atom is -0.339 e. The van der Waals surface area contributed by atoms with Gasteiger partial charge >= 0.3 is 6.03 Å². The highest BCUT2D eigenvalue weighted by Gasteiger charge is 2.28. The van der Waals surface area contributed by atoms with Gasteiger partial charge in [0.1, 0.15) is 0 Å². The second kappa shape index (κ2) is 7.06. The van der Waals surface area contributed by atoms with Crippen LogP contribution in [0.25, 0.3) is 0 Å². The lowest BCUT2D eigenvalue weighted by Gasteiger charge is -2.16. The number of carbonyl (C=O) groups excluding carboxylic acids is 1. The number of sulfonamides is 1. The number of hydrogen-bond acceptors (Lipinski definition) is 4. The van der Waals surface area contributed by atoms with Gasteiger partial charge in [-0.2, -0.15) is 13.5 Å². The van der Waals surface area contributed by atoms with E-state index in [2.05, 4.69) is 10.4 Å². The molecule has 120 valence electrons. The molecule has 7 heteroatoms. The maximum atomic E-state index is 12.7. The van der Waals surface area contributed by atoms with Gasteiger partial charge < -0.3 is 5.32 Å². The quantitative estimate of drug-likeness (QED) is 0.872. The van der Waals surface area contributed by atoms with E-state index in [0.717, 1.165) is 5.56 Å². The highest BCUT2D eigenvalue weighted by molar-refractivity contribution is 7.89. The van der Waals surface area contributed by atoms with Crippen molar-refractivity contribution < 1.29 is 13.2 Å². The Morgan fingerprint density at radius 2 is 1.57 bits per heavy atom. The minimum absolute atomic E-state index is 0.00393. The lowest BCUT2D eigenvalue weighted by molar-refractivity contribution is 0.225. The Bertz CT molecular complexity index is 840. The first-order chi connectivity index (χ1) is 10.9. The highest BCUT2D eigenvalue weighted by atomic mass is 32.2. The number of aryl methyl sites for hydroxylation is 1.